The van der Waals surface area contributed by atoms with E-state index >= 15 is 0 Å². The van der Waals surface area contributed by atoms with Crippen molar-refractivity contribution in [1.29, 1.82) is 0 Å². The first-order valence-corrected chi connectivity index (χ1v) is 5.66. The van der Waals surface area contributed by atoms with Crippen LogP contribution in [0.4, 0.5) is 11.6 Å². The second kappa shape index (κ2) is 5.34. The molecule has 2 rings (SSSR count). The summed E-state index contributed by atoms with van der Waals surface area (Å²) in [6, 6.07) is 1.64. The third-order valence-electron chi connectivity index (χ3n) is 2.44. The first-order valence-electron chi connectivity index (χ1n) is 5.66. The van der Waals surface area contributed by atoms with Gasteiger partial charge in [-0.1, -0.05) is 0 Å². The van der Waals surface area contributed by atoms with E-state index in [1.165, 1.54) is 18.1 Å². The Balaban J connectivity index is 2.55. The van der Waals surface area contributed by atoms with Crippen molar-refractivity contribution < 1.29 is 9.53 Å². The molecule has 0 aliphatic rings. The highest BCUT2D eigenvalue weighted by molar-refractivity contribution is 5.99. The van der Waals surface area contributed by atoms with Crippen molar-refractivity contribution in [3.05, 3.63) is 24.2 Å². The highest BCUT2D eigenvalue weighted by Gasteiger charge is 2.23. The second-order valence-electron chi connectivity index (χ2n) is 3.61. The zero-order valence-corrected chi connectivity index (χ0v) is 10.6. The third-order valence-corrected chi connectivity index (χ3v) is 2.44. The Labute approximate surface area is 109 Å². The van der Waals surface area contributed by atoms with Gasteiger partial charge in [0.2, 0.25) is 0 Å². The summed E-state index contributed by atoms with van der Waals surface area (Å²) in [6.45, 7) is 2.49. The van der Waals surface area contributed by atoms with Crippen molar-refractivity contribution in [3.8, 4) is 5.82 Å². The van der Waals surface area contributed by atoms with Gasteiger partial charge in [0.15, 0.2) is 11.6 Å². The maximum atomic E-state index is 11.7. The number of nitrogens with one attached hydrogen (secondary N) is 1. The molecule has 0 radical (unpaired) electrons. The molecule has 8 heteroatoms. The van der Waals surface area contributed by atoms with Crippen molar-refractivity contribution in [2.24, 2.45) is 0 Å². The number of ether oxygens (including phenoxy) is 1. The predicted octanol–water partition coefficient (Wildman–Crippen LogP) is 0.463. The smallest absolute Gasteiger partial charge is 0.345 e. The first-order chi connectivity index (χ1) is 9.19. The highest BCUT2D eigenvalue weighted by Crippen LogP contribution is 2.24. The van der Waals surface area contributed by atoms with Crippen LogP contribution < -0.4 is 11.1 Å². The number of hydrogen-bond acceptors (Lipinski definition) is 7. The van der Waals surface area contributed by atoms with Crippen molar-refractivity contribution >= 4 is 17.6 Å². The van der Waals surface area contributed by atoms with Crippen LogP contribution in [0.3, 0.4) is 0 Å². The summed E-state index contributed by atoms with van der Waals surface area (Å²) in [5, 5.41) is 7.19. The van der Waals surface area contributed by atoms with Gasteiger partial charge in [-0.3, -0.25) is 0 Å². The van der Waals surface area contributed by atoms with Crippen LogP contribution in [0.1, 0.15) is 17.3 Å². The molecule has 0 saturated carbocycles. The molecule has 0 unspecified atom stereocenters. The zero-order chi connectivity index (χ0) is 13.8. The Hall–Kier alpha value is -2.64. The first kappa shape index (κ1) is 12.8. The molecular weight excluding hydrogens is 248 g/mol. The number of aromatic nitrogens is 4. The minimum atomic E-state index is -0.547. The standard InChI is InChI=1S/C11H14N6O2/c1-3-14-10-8(11(18)19-2)9(12)17(16-10)7-4-5-13-6-15-7/h4-6H,3,12H2,1-2H3,(H,14,16). The number of anilines is 2. The fraction of sp³-hybridized carbons (Fsp3) is 0.273. The lowest BCUT2D eigenvalue weighted by molar-refractivity contribution is 0.0603. The van der Waals surface area contributed by atoms with Crippen LogP contribution in [0.15, 0.2) is 18.6 Å². The monoisotopic (exact) mass is 262 g/mol. The van der Waals surface area contributed by atoms with Crippen molar-refractivity contribution in [1.82, 2.24) is 19.7 Å². The van der Waals surface area contributed by atoms with Gasteiger partial charge >= 0.3 is 5.97 Å². The predicted molar refractivity (Wildman–Crippen MR) is 69.1 cm³/mol. The van der Waals surface area contributed by atoms with E-state index in [1.807, 2.05) is 6.92 Å². The third kappa shape index (κ3) is 2.32. The average Bonchev–Trinajstić information content (AvgIpc) is 2.76. The molecule has 0 amide bonds. The van der Waals surface area contributed by atoms with Gasteiger partial charge in [0.25, 0.3) is 0 Å². The van der Waals surface area contributed by atoms with Crippen LogP contribution in [-0.4, -0.2) is 39.4 Å². The number of nitrogens with zero attached hydrogens (tertiary/aromatic N) is 4. The molecule has 100 valence electrons. The summed E-state index contributed by atoms with van der Waals surface area (Å²) >= 11 is 0. The summed E-state index contributed by atoms with van der Waals surface area (Å²) in [6.07, 6.45) is 2.94. The molecule has 0 fully saturated rings. The van der Waals surface area contributed by atoms with Gasteiger partial charge in [0.1, 0.15) is 17.7 Å². The lowest BCUT2D eigenvalue weighted by Crippen LogP contribution is -2.09. The molecule has 0 aromatic carbocycles. The summed E-state index contributed by atoms with van der Waals surface area (Å²) in [5.41, 5.74) is 6.14. The van der Waals surface area contributed by atoms with Gasteiger partial charge < -0.3 is 15.8 Å². The Morgan fingerprint density at radius 2 is 2.37 bits per heavy atom. The molecule has 0 saturated heterocycles. The van der Waals surface area contributed by atoms with Crippen LogP contribution in [0, 0.1) is 0 Å². The molecule has 0 aliphatic heterocycles. The molecular formula is C11H14N6O2. The molecule has 0 bridgehead atoms. The lowest BCUT2D eigenvalue weighted by atomic mass is 10.3. The highest BCUT2D eigenvalue weighted by atomic mass is 16.5. The van der Waals surface area contributed by atoms with E-state index in [1.54, 1.807) is 12.3 Å². The minimum absolute atomic E-state index is 0.168. The van der Waals surface area contributed by atoms with Gasteiger partial charge in [-0.05, 0) is 6.92 Å². The minimum Gasteiger partial charge on any atom is -0.465 e. The van der Waals surface area contributed by atoms with E-state index in [4.69, 9.17) is 10.5 Å². The van der Waals surface area contributed by atoms with Crippen LogP contribution in [0.5, 0.6) is 0 Å². The van der Waals surface area contributed by atoms with Gasteiger partial charge in [-0.2, -0.15) is 4.68 Å². The van der Waals surface area contributed by atoms with E-state index in [0.29, 0.717) is 18.2 Å². The van der Waals surface area contributed by atoms with E-state index in [2.05, 4.69) is 20.4 Å². The summed E-state index contributed by atoms with van der Waals surface area (Å²) in [4.78, 5) is 19.6. The number of nitrogens with two attached hydrogens (primary N) is 1. The number of hydrogen-bond donors (Lipinski definition) is 2. The molecule has 3 N–H and O–H groups in total. The molecule has 0 spiro atoms. The number of rotatable bonds is 4. The Bertz CT molecular complexity index is 580. The molecule has 2 aromatic rings. The molecule has 0 atom stereocenters. The quantitative estimate of drug-likeness (QED) is 0.770. The van der Waals surface area contributed by atoms with Gasteiger partial charge in [0, 0.05) is 18.8 Å². The normalized spacial score (nSPS) is 10.2. The van der Waals surface area contributed by atoms with Crippen molar-refractivity contribution in [2.45, 2.75) is 6.92 Å². The van der Waals surface area contributed by atoms with E-state index < -0.39 is 5.97 Å². The Morgan fingerprint density at radius 1 is 1.58 bits per heavy atom. The van der Waals surface area contributed by atoms with Gasteiger partial charge in [-0.15, -0.1) is 5.10 Å². The number of methoxy groups -OCH3 is 1. The maximum absolute atomic E-state index is 11.7. The largest absolute Gasteiger partial charge is 0.465 e. The fourth-order valence-electron chi connectivity index (χ4n) is 1.61. The Morgan fingerprint density at radius 3 is 2.95 bits per heavy atom. The molecule has 2 heterocycles. The molecule has 8 nitrogen and oxygen atoms in total. The average molecular weight is 262 g/mol. The summed E-state index contributed by atoms with van der Waals surface area (Å²) in [5.74, 6) is 0.461. The topological polar surface area (TPSA) is 108 Å². The Kier molecular flexibility index (Phi) is 3.60. The lowest BCUT2D eigenvalue weighted by Gasteiger charge is -2.02. The fourth-order valence-corrected chi connectivity index (χ4v) is 1.61. The SMILES string of the molecule is CCNc1nn(-c2ccncn2)c(N)c1C(=O)OC. The maximum Gasteiger partial charge on any atom is 0.345 e. The van der Waals surface area contributed by atoms with E-state index in [9.17, 15) is 4.79 Å². The zero-order valence-electron chi connectivity index (χ0n) is 10.6. The van der Waals surface area contributed by atoms with Crippen LogP contribution >= 0.6 is 0 Å². The number of esters is 1. The summed E-state index contributed by atoms with van der Waals surface area (Å²) < 4.78 is 6.08. The number of carbonyl (C=O) groups is 1. The number of carbonyl (C=O) groups excluding carboxylic acids is 1. The van der Waals surface area contributed by atoms with E-state index in [-0.39, 0.29) is 11.4 Å². The van der Waals surface area contributed by atoms with Gasteiger partial charge in [0.05, 0.1) is 7.11 Å². The van der Waals surface area contributed by atoms with Crippen LogP contribution in [-0.2, 0) is 4.74 Å². The van der Waals surface area contributed by atoms with Crippen molar-refractivity contribution in [3.63, 3.8) is 0 Å². The second-order valence-corrected chi connectivity index (χ2v) is 3.61. The van der Waals surface area contributed by atoms with Crippen LogP contribution in [0.2, 0.25) is 0 Å². The van der Waals surface area contributed by atoms with E-state index in [0.717, 1.165) is 0 Å². The molecule has 19 heavy (non-hydrogen) atoms. The molecule has 0 aliphatic carbocycles. The van der Waals surface area contributed by atoms with Crippen molar-refractivity contribution in [2.75, 3.05) is 24.7 Å². The molecule has 2 aromatic heterocycles. The summed E-state index contributed by atoms with van der Waals surface area (Å²) in [7, 11) is 1.29. The number of nitrogen functional groups attached to an aromatic ring is 1. The van der Waals surface area contributed by atoms with Gasteiger partial charge in [-0.25, -0.2) is 14.8 Å². The van der Waals surface area contributed by atoms with Crippen LogP contribution in [0.25, 0.3) is 5.82 Å².